The molecule has 0 saturated carbocycles. The van der Waals surface area contributed by atoms with Crippen molar-refractivity contribution in [1.82, 2.24) is 31.2 Å². The molecule has 0 aliphatic rings. The van der Waals surface area contributed by atoms with Crippen LogP contribution >= 0.6 is 11.3 Å². The van der Waals surface area contributed by atoms with Gasteiger partial charge >= 0.3 is 11.9 Å². The van der Waals surface area contributed by atoms with Crippen LogP contribution < -0.4 is 21.3 Å². The third-order valence-electron chi connectivity index (χ3n) is 10.6. The van der Waals surface area contributed by atoms with Gasteiger partial charge in [0.15, 0.2) is 6.10 Å². The smallest absolute Gasteiger partial charge is 0.306 e. The Labute approximate surface area is 355 Å². The summed E-state index contributed by atoms with van der Waals surface area (Å²) in [5.41, 5.74) is 1.01. The molecular weight excluding hydrogens is 773 g/mol. The number of nitrogens with zero attached hydrogens (tertiary/aromatic N) is 2. The standard InChI is InChI=1S/C44H70N6O8S/c1-10-12-23-46-40(53)31(7)50(43(55)39(29(5)11-2)49-38(52)21-17-14-18-22-45-9)36(28(3)4)26-37(58-32(8)51)42-48-35(27-59-42)41(54)47-34(24-30(6)44(56)57)25-33-19-15-13-16-20-33/h13,15-16,19-20,27-31,34,36-37,39,45H,10-12,14,17-18,21-26H2,1-9H3,(H,46,53)(H,47,54)(H,49,52)(H,56,57)/t29-,30-,31?,34+,36+,37+,39-/m0/s1. The van der Waals surface area contributed by atoms with Crippen molar-refractivity contribution in [3.8, 4) is 0 Å². The third kappa shape index (κ3) is 17.4. The molecule has 15 heteroatoms. The fourth-order valence-corrected chi connectivity index (χ4v) is 7.74. The number of carboxylic acids is 1. The van der Waals surface area contributed by atoms with Crippen LogP contribution in [0.1, 0.15) is 140 Å². The van der Waals surface area contributed by atoms with E-state index < -0.39 is 59.9 Å². The number of ether oxygens (including phenoxy) is 1. The summed E-state index contributed by atoms with van der Waals surface area (Å²) >= 11 is 1.13. The minimum atomic E-state index is -0.987. The van der Waals surface area contributed by atoms with Gasteiger partial charge in [0.2, 0.25) is 17.7 Å². The molecular formula is C44H70N6O8S. The molecule has 330 valence electrons. The normalized spacial score (nSPS) is 14.9. The van der Waals surface area contributed by atoms with Gasteiger partial charge in [0.1, 0.15) is 22.8 Å². The number of carboxylic acid groups (broad SMARTS) is 1. The van der Waals surface area contributed by atoms with Crippen LogP contribution in [0.15, 0.2) is 35.7 Å². The first-order valence-corrected chi connectivity index (χ1v) is 22.2. The van der Waals surface area contributed by atoms with E-state index in [-0.39, 0.29) is 48.6 Å². The number of rotatable bonds is 28. The van der Waals surface area contributed by atoms with Crippen LogP contribution in [0.25, 0.3) is 0 Å². The third-order valence-corrected chi connectivity index (χ3v) is 11.6. The molecule has 7 atom stereocenters. The summed E-state index contributed by atoms with van der Waals surface area (Å²) in [7, 11) is 1.88. The highest BCUT2D eigenvalue weighted by atomic mass is 32.1. The van der Waals surface area contributed by atoms with E-state index in [0.717, 1.165) is 49.1 Å². The molecule has 0 radical (unpaired) electrons. The van der Waals surface area contributed by atoms with Crippen LogP contribution in [-0.2, 0) is 35.1 Å². The molecule has 1 heterocycles. The van der Waals surface area contributed by atoms with Crippen molar-refractivity contribution in [3.05, 3.63) is 52.0 Å². The maximum Gasteiger partial charge on any atom is 0.306 e. The number of unbranched alkanes of at least 4 members (excludes halogenated alkanes) is 3. The predicted octanol–water partition coefficient (Wildman–Crippen LogP) is 6.06. The zero-order valence-corrected chi connectivity index (χ0v) is 37.5. The highest BCUT2D eigenvalue weighted by Crippen LogP contribution is 2.32. The Morgan fingerprint density at radius 1 is 0.898 bits per heavy atom. The summed E-state index contributed by atoms with van der Waals surface area (Å²) in [4.78, 5) is 86.2. The van der Waals surface area contributed by atoms with Crippen molar-refractivity contribution in [1.29, 1.82) is 0 Å². The van der Waals surface area contributed by atoms with Crippen LogP contribution in [0.3, 0.4) is 0 Å². The highest BCUT2D eigenvalue weighted by molar-refractivity contribution is 7.09. The van der Waals surface area contributed by atoms with Crippen molar-refractivity contribution in [2.24, 2.45) is 17.8 Å². The second-order valence-electron chi connectivity index (χ2n) is 16.0. The van der Waals surface area contributed by atoms with Gasteiger partial charge in [-0.15, -0.1) is 11.3 Å². The molecule has 0 aliphatic carbocycles. The van der Waals surface area contributed by atoms with E-state index >= 15 is 0 Å². The number of aliphatic carboxylic acids is 1. The molecule has 1 unspecified atom stereocenters. The number of hydrogen-bond acceptors (Lipinski definition) is 10. The molecule has 0 fully saturated rings. The van der Waals surface area contributed by atoms with E-state index in [1.807, 2.05) is 72.0 Å². The fraction of sp³-hybridized carbons (Fsp3) is 0.659. The molecule has 59 heavy (non-hydrogen) atoms. The van der Waals surface area contributed by atoms with Gasteiger partial charge in [-0.1, -0.05) is 91.1 Å². The van der Waals surface area contributed by atoms with E-state index in [4.69, 9.17) is 4.74 Å². The van der Waals surface area contributed by atoms with E-state index in [1.165, 1.54) is 6.92 Å². The van der Waals surface area contributed by atoms with Crippen molar-refractivity contribution in [2.45, 2.75) is 150 Å². The van der Waals surface area contributed by atoms with Gasteiger partial charge in [0.25, 0.3) is 5.91 Å². The van der Waals surface area contributed by atoms with Gasteiger partial charge in [-0.3, -0.25) is 28.8 Å². The Bertz CT molecular complexity index is 1620. The quantitative estimate of drug-likeness (QED) is 0.0497. The topological polar surface area (TPSA) is 196 Å². The molecule has 0 bridgehead atoms. The highest BCUT2D eigenvalue weighted by Gasteiger charge is 2.41. The van der Waals surface area contributed by atoms with E-state index in [9.17, 15) is 33.9 Å². The average molecular weight is 843 g/mol. The van der Waals surface area contributed by atoms with Crippen LogP contribution in [0.4, 0.5) is 0 Å². The Balaban J connectivity index is 2.52. The number of carbonyl (C=O) groups excluding carboxylic acids is 5. The summed E-state index contributed by atoms with van der Waals surface area (Å²) in [6, 6.07) is 6.44. The van der Waals surface area contributed by atoms with Crippen LogP contribution in [0, 0.1) is 17.8 Å². The first kappa shape index (κ1) is 50.8. The molecule has 5 N–H and O–H groups in total. The predicted molar refractivity (Wildman–Crippen MR) is 231 cm³/mol. The lowest BCUT2D eigenvalue weighted by molar-refractivity contribution is -0.153. The molecule has 0 aliphatic heterocycles. The molecule has 2 aromatic rings. The van der Waals surface area contributed by atoms with Crippen molar-refractivity contribution in [2.75, 3.05) is 20.1 Å². The maximum atomic E-state index is 14.9. The molecule has 4 amide bonds. The average Bonchev–Trinajstić information content (AvgIpc) is 3.69. The maximum absolute atomic E-state index is 14.9. The first-order valence-electron chi connectivity index (χ1n) is 21.3. The molecule has 2 rings (SSSR count). The summed E-state index contributed by atoms with van der Waals surface area (Å²) in [6.45, 7) is 15.6. The number of esters is 1. The summed E-state index contributed by atoms with van der Waals surface area (Å²) < 4.78 is 5.86. The van der Waals surface area contributed by atoms with E-state index in [1.54, 1.807) is 24.1 Å². The van der Waals surface area contributed by atoms with Gasteiger partial charge in [0.05, 0.1) is 5.92 Å². The summed E-state index contributed by atoms with van der Waals surface area (Å²) in [5.74, 6) is -4.25. The second kappa shape index (κ2) is 26.7. The van der Waals surface area contributed by atoms with Crippen LogP contribution in [0.5, 0.6) is 0 Å². The van der Waals surface area contributed by atoms with Gasteiger partial charge in [-0.25, -0.2) is 4.98 Å². The molecule has 1 aromatic carbocycles. The Kier molecular flexibility index (Phi) is 23.0. The minimum absolute atomic E-state index is 0.0591. The minimum Gasteiger partial charge on any atom is -0.481 e. The number of amides is 4. The molecule has 0 spiro atoms. The lowest BCUT2D eigenvalue weighted by Crippen LogP contribution is -2.61. The first-order chi connectivity index (χ1) is 28.0. The second-order valence-corrected chi connectivity index (χ2v) is 16.9. The van der Waals surface area contributed by atoms with Gasteiger partial charge < -0.3 is 36.0 Å². The number of nitrogens with one attached hydrogen (secondary N) is 4. The SMILES string of the molecule is CCCCNC(=O)C(C)N(C(=O)[C@@H](NC(=O)CCCCCNC)[C@@H](C)CC)[C@H](C[C@@H](OC(C)=O)c1nc(C(=O)N[C@@H](Cc2ccccc2)C[C@H](C)C(=O)O)cs1)C(C)C. The summed E-state index contributed by atoms with van der Waals surface area (Å²) in [5, 5.41) is 23.5. The number of thiazole rings is 1. The van der Waals surface area contributed by atoms with Gasteiger partial charge in [-0.2, -0.15) is 0 Å². The van der Waals surface area contributed by atoms with Gasteiger partial charge in [-0.05, 0) is 70.0 Å². The van der Waals surface area contributed by atoms with Gasteiger partial charge in [0, 0.05) is 43.8 Å². The monoisotopic (exact) mass is 842 g/mol. The Morgan fingerprint density at radius 3 is 2.19 bits per heavy atom. The number of hydrogen-bond donors (Lipinski definition) is 5. The summed E-state index contributed by atoms with van der Waals surface area (Å²) in [6.07, 6.45) is 4.65. The van der Waals surface area contributed by atoms with Crippen LogP contribution in [0.2, 0.25) is 0 Å². The molecule has 14 nitrogen and oxygen atoms in total. The lowest BCUT2D eigenvalue weighted by Gasteiger charge is -2.42. The van der Waals surface area contributed by atoms with Crippen LogP contribution in [-0.4, -0.2) is 94.9 Å². The zero-order valence-electron chi connectivity index (χ0n) is 36.7. The molecule has 1 aromatic heterocycles. The Morgan fingerprint density at radius 2 is 1.59 bits per heavy atom. The number of benzene rings is 1. The lowest BCUT2D eigenvalue weighted by atomic mass is 9.91. The molecule has 0 saturated heterocycles. The van der Waals surface area contributed by atoms with Crippen molar-refractivity contribution < 1.29 is 38.6 Å². The van der Waals surface area contributed by atoms with Crippen molar-refractivity contribution in [3.63, 3.8) is 0 Å². The number of aromatic nitrogens is 1. The van der Waals surface area contributed by atoms with Crippen molar-refractivity contribution >= 4 is 46.9 Å². The zero-order chi connectivity index (χ0) is 44.1. The Hall–Kier alpha value is -4.37. The largest absolute Gasteiger partial charge is 0.481 e. The van der Waals surface area contributed by atoms with E-state index in [0.29, 0.717) is 30.8 Å². The van der Waals surface area contributed by atoms with E-state index in [2.05, 4.69) is 26.3 Å². The fourth-order valence-electron chi connectivity index (χ4n) is 6.90. The number of carbonyl (C=O) groups is 6.